The summed E-state index contributed by atoms with van der Waals surface area (Å²) in [5, 5.41) is 0. The van der Waals surface area contributed by atoms with Crippen molar-refractivity contribution in [3.05, 3.63) is 48.0 Å². The largest absolute Gasteiger partial charge is 1.00 e. The topological polar surface area (TPSA) is 112 Å². The first-order chi connectivity index (χ1) is 10.5. The molecule has 2 aromatic rings. The van der Waals surface area contributed by atoms with E-state index in [1.54, 1.807) is 0 Å². The average Bonchev–Trinajstić information content (AvgIpc) is 2.46. The summed E-state index contributed by atoms with van der Waals surface area (Å²) in [6.07, 6.45) is 3.91. The van der Waals surface area contributed by atoms with E-state index in [4.69, 9.17) is 22.9 Å². The van der Waals surface area contributed by atoms with Gasteiger partial charge in [-0.3, -0.25) is 0 Å². The zero-order valence-corrected chi connectivity index (χ0v) is 17.4. The molecule has 0 radical (unpaired) electrons. The predicted molar refractivity (Wildman–Crippen MR) is 89.7 cm³/mol. The van der Waals surface area contributed by atoms with Crippen LogP contribution in [0.2, 0.25) is 0 Å². The second-order valence-corrected chi connectivity index (χ2v) is 5.17. The van der Waals surface area contributed by atoms with Crippen molar-refractivity contribution >= 4 is 11.4 Å². The van der Waals surface area contributed by atoms with Crippen LogP contribution < -0.4 is 66.0 Å². The van der Waals surface area contributed by atoms with Crippen LogP contribution >= 0.6 is 0 Å². The van der Waals surface area contributed by atoms with Crippen LogP contribution in [-0.2, 0) is 13.1 Å². The van der Waals surface area contributed by atoms with Crippen molar-refractivity contribution in [3.63, 3.8) is 0 Å². The highest BCUT2D eigenvalue weighted by atomic mass is 79.9. The van der Waals surface area contributed by atoms with Gasteiger partial charge in [0.25, 0.3) is 0 Å². The molecule has 0 fully saturated rings. The van der Waals surface area contributed by atoms with Gasteiger partial charge < -0.3 is 56.9 Å². The van der Waals surface area contributed by atoms with Crippen molar-refractivity contribution in [1.29, 1.82) is 0 Å². The summed E-state index contributed by atoms with van der Waals surface area (Å²) in [5.41, 5.74) is 25.9. The number of pyridine rings is 2. The number of aryl methyl sites for hydroxylation is 2. The van der Waals surface area contributed by atoms with E-state index in [1.807, 2.05) is 50.5 Å². The van der Waals surface area contributed by atoms with Gasteiger partial charge in [-0.1, -0.05) is 0 Å². The maximum atomic E-state index is 5.58. The molecule has 0 aromatic carbocycles. The minimum Gasteiger partial charge on any atom is -1.00 e. The van der Waals surface area contributed by atoms with Gasteiger partial charge in [-0.05, 0) is 0 Å². The first kappa shape index (κ1) is 25.0. The number of hydrogen-bond donors (Lipinski definition) is 4. The van der Waals surface area contributed by atoms with E-state index >= 15 is 0 Å². The minimum absolute atomic E-state index is 0. The van der Waals surface area contributed by atoms with Gasteiger partial charge in [-0.25, -0.2) is 9.13 Å². The van der Waals surface area contributed by atoms with Gasteiger partial charge in [0.2, 0.25) is 0 Å². The van der Waals surface area contributed by atoms with E-state index in [1.165, 1.54) is 0 Å². The fourth-order valence-corrected chi connectivity index (χ4v) is 2.11. The quantitative estimate of drug-likeness (QED) is 0.338. The molecule has 0 aliphatic heterocycles. The number of nitrogens with two attached hydrogens (primary N) is 4. The van der Waals surface area contributed by atoms with Gasteiger partial charge in [0, 0.05) is 49.5 Å². The molecule has 0 aliphatic rings. The second-order valence-electron chi connectivity index (χ2n) is 5.17. The molecule has 0 saturated heterocycles. The molecule has 136 valence electrons. The number of nitrogen functional groups attached to an aromatic ring is 2. The van der Waals surface area contributed by atoms with E-state index in [0.717, 1.165) is 35.9 Å². The molecule has 0 amide bonds. The molecule has 0 unspecified atom stereocenters. The highest BCUT2D eigenvalue weighted by molar-refractivity contribution is 5.35. The Kier molecular flexibility index (Phi) is 13.7. The summed E-state index contributed by atoms with van der Waals surface area (Å²) in [6, 6.07) is 7.64. The van der Waals surface area contributed by atoms with Gasteiger partial charge in [-0.2, -0.15) is 0 Å². The molecular weight excluding hydrogens is 436 g/mol. The zero-order valence-electron chi connectivity index (χ0n) is 14.3. The lowest BCUT2D eigenvalue weighted by atomic mass is 10.3. The monoisotopic (exact) mass is 462 g/mol. The normalized spacial score (nSPS) is 9.17. The molecular formula is C16H28Br2N6. The van der Waals surface area contributed by atoms with Crippen molar-refractivity contribution in [2.24, 2.45) is 11.5 Å². The lowest BCUT2D eigenvalue weighted by Crippen LogP contribution is -3.00. The lowest BCUT2D eigenvalue weighted by Gasteiger charge is -1.98. The van der Waals surface area contributed by atoms with Crippen LogP contribution in [0.3, 0.4) is 0 Å². The Balaban J connectivity index is 0. The number of nitrogens with zero attached hydrogens (tertiary/aromatic N) is 2. The molecule has 0 aliphatic carbocycles. The van der Waals surface area contributed by atoms with E-state index < -0.39 is 0 Å². The summed E-state index contributed by atoms with van der Waals surface area (Å²) in [4.78, 5) is 0. The lowest BCUT2D eigenvalue weighted by molar-refractivity contribution is -0.700. The molecule has 2 aromatic heterocycles. The highest BCUT2D eigenvalue weighted by Crippen LogP contribution is 1.99. The Morgan fingerprint density at radius 1 is 0.750 bits per heavy atom. The van der Waals surface area contributed by atoms with Gasteiger partial charge in [0.1, 0.15) is 0 Å². The van der Waals surface area contributed by atoms with Gasteiger partial charge in [0.05, 0.1) is 13.1 Å². The van der Waals surface area contributed by atoms with Gasteiger partial charge >= 0.3 is 0 Å². The van der Waals surface area contributed by atoms with E-state index in [2.05, 4.69) is 9.13 Å². The third-order valence-electron chi connectivity index (χ3n) is 3.29. The van der Waals surface area contributed by atoms with E-state index in [0.29, 0.717) is 13.1 Å². The van der Waals surface area contributed by atoms with Crippen molar-refractivity contribution in [3.8, 4) is 0 Å². The van der Waals surface area contributed by atoms with Crippen molar-refractivity contribution in [2.75, 3.05) is 24.6 Å². The molecule has 0 spiro atoms. The molecule has 8 heteroatoms. The van der Waals surface area contributed by atoms with E-state index in [9.17, 15) is 0 Å². The Hall–Kier alpha value is -1.22. The molecule has 6 nitrogen and oxygen atoms in total. The Morgan fingerprint density at radius 3 is 1.33 bits per heavy atom. The van der Waals surface area contributed by atoms with Crippen molar-refractivity contribution in [1.82, 2.24) is 0 Å². The van der Waals surface area contributed by atoms with Crippen LogP contribution in [0.5, 0.6) is 0 Å². The molecule has 2 rings (SSSR count). The SMILES string of the molecule is Cc1cc(N)cc[n+]1CCN.Cc1cc(N)cc[n+]1CCN.[Br-].[Br-]. The average molecular weight is 464 g/mol. The van der Waals surface area contributed by atoms with Crippen LogP contribution in [0, 0.1) is 13.8 Å². The first-order valence-electron chi connectivity index (χ1n) is 7.39. The number of halogens is 2. The van der Waals surface area contributed by atoms with Crippen LogP contribution in [0.1, 0.15) is 11.4 Å². The number of hydrogen-bond acceptors (Lipinski definition) is 4. The highest BCUT2D eigenvalue weighted by Gasteiger charge is 2.04. The third-order valence-corrected chi connectivity index (χ3v) is 3.29. The molecule has 0 atom stereocenters. The summed E-state index contributed by atoms with van der Waals surface area (Å²) in [7, 11) is 0. The van der Waals surface area contributed by atoms with Gasteiger partial charge in [-0.15, -0.1) is 0 Å². The summed E-state index contributed by atoms with van der Waals surface area (Å²) in [6.45, 7) is 7.07. The van der Waals surface area contributed by atoms with Crippen molar-refractivity contribution < 1.29 is 43.1 Å². The smallest absolute Gasteiger partial charge is 0.180 e. The fraction of sp³-hybridized carbons (Fsp3) is 0.375. The number of rotatable bonds is 4. The van der Waals surface area contributed by atoms with Crippen molar-refractivity contribution in [2.45, 2.75) is 26.9 Å². The van der Waals surface area contributed by atoms with Gasteiger partial charge in [0.15, 0.2) is 36.9 Å². The predicted octanol–water partition coefficient (Wildman–Crippen LogP) is -6.35. The summed E-state index contributed by atoms with van der Waals surface area (Å²) >= 11 is 0. The number of aromatic nitrogens is 2. The minimum atomic E-state index is 0. The van der Waals surface area contributed by atoms with Crippen LogP contribution in [0.4, 0.5) is 11.4 Å². The molecule has 2 heterocycles. The first-order valence-corrected chi connectivity index (χ1v) is 7.39. The summed E-state index contributed by atoms with van der Waals surface area (Å²) < 4.78 is 4.16. The number of anilines is 2. The molecule has 0 bridgehead atoms. The van der Waals surface area contributed by atoms with Crippen LogP contribution in [0.25, 0.3) is 0 Å². The van der Waals surface area contributed by atoms with Crippen LogP contribution in [-0.4, -0.2) is 13.1 Å². The maximum absolute atomic E-state index is 5.58. The molecule has 8 N–H and O–H groups in total. The Labute approximate surface area is 165 Å². The maximum Gasteiger partial charge on any atom is 0.180 e. The Morgan fingerprint density at radius 2 is 1.08 bits per heavy atom. The fourth-order valence-electron chi connectivity index (χ4n) is 2.11. The third kappa shape index (κ3) is 8.58. The van der Waals surface area contributed by atoms with E-state index in [-0.39, 0.29) is 34.0 Å². The Bertz CT molecular complexity index is 554. The standard InChI is InChI=1S/2C8H13N3.2BrH/c2*1-7-6-8(10)2-4-11(7)5-3-9;;/h2*2,4,6,10H,3,5,9H2,1H3;2*1H. The zero-order chi connectivity index (χ0) is 16.5. The van der Waals surface area contributed by atoms with Crippen LogP contribution in [0.15, 0.2) is 36.7 Å². The molecule has 24 heavy (non-hydrogen) atoms. The molecule has 0 saturated carbocycles. The summed E-state index contributed by atoms with van der Waals surface area (Å²) in [5.74, 6) is 0. The second kappa shape index (κ2) is 13.1.